The van der Waals surface area contributed by atoms with E-state index in [4.69, 9.17) is 0 Å². The van der Waals surface area contributed by atoms with Crippen molar-refractivity contribution in [3.63, 3.8) is 0 Å². The van der Waals surface area contributed by atoms with Crippen LogP contribution >= 0.6 is 23.1 Å². The fraction of sp³-hybridized carbons (Fsp3) is 0.409. The van der Waals surface area contributed by atoms with Crippen molar-refractivity contribution in [2.45, 2.75) is 43.9 Å². The first-order valence-electron chi connectivity index (χ1n) is 10.3. The molecule has 8 heteroatoms. The summed E-state index contributed by atoms with van der Waals surface area (Å²) in [6.45, 7) is 2.23. The first kappa shape index (κ1) is 19.6. The van der Waals surface area contributed by atoms with E-state index < -0.39 is 0 Å². The Bertz CT molecular complexity index is 1090. The van der Waals surface area contributed by atoms with Crippen LogP contribution < -0.4 is 5.43 Å². The van der Waals surface area contributed by atoms with Gasteiger partial charge in [-0.15, -0.1) is 23.1 Å². The number of hydrazine groups is 1. The molecule has 2 atom stereocenters. The molecule has 1 saturated carbocycles. The topological polar surface area (TPSA) is 66.7 Å². The van der Waals surface area contributed by atoms with Crippen LogP contribution in [0.15, 0.2) is 41.9 Å². The molecule has 156 valence electrons. The first-order chi connectivity index (χ1) is 14.5. The predicted molar refractivity (Wildman–Crippen MR) is 120 cm³/mol. The molecule has 0 radical (unpaired) electrons. The van der Waals surface area contributed by atoms with Crippen LogP contribution in [-0.2, 0) is 16.0 Å². The molecule has 1 spiro atoms. The molecule has 3 aromatic rings. The van der Waals surface area contributed by atoms with Crippen molar-refractivity contribution in [3.05, 3.63) is 47.6 Å². The second kappa shape index (κ2) is 7.74. The summed E-state index contributed by atoms with van der Waals surface area (Å²) in [5.74, 6) is 0.859. The number of thioether (sulfide) groups is 1. The maximum Gasteiger partial charge on any atom is 0.252 e. The molecule has 1 aliphatic heterocycles. The average Bonchev–Trinajstić information content (AvgIpc) is 3.40. The maximum absolute atomic E-state index is 12.9. The summed E-state index contributed by atoms with van der Waals surface area (Å²) in [4.78, 5) is 30.7. The number of rotatable bonds is 4. The molecule has 1 saturated heterocycles. The summed E-state index contributed by atoms with van der Waals surface area (Å²) in [6, 6.07) is 10.0. The zero-order valence-electron chi connectivity index (χ0n) is 16.8. The number of nitrogens with zero attached hydrogens (tertiary/aromatic N) is 3. The second-order valence-corrected chi connectivity index (χ2v) is 10.4. The van der Waals surface area contributed by atoms with Gasteiger partial charge in [0.05, 0.1) is 17.9 Å². The largest absolute Gasteiger partial charge is 0.294 e. The van der Waals surface area contributed by atoms with Crippen molar-refractivity contribution < 1.29 is 9.59 Å². The highest BCUT2D eigenvalue weighted by Crippen LogP contribution is 2.47. The number of aromatic nitrogens is 2. The van der Waals surface area contributed by atoms with Crippen molar-refractivity contribution in [1.29, 1.82) is 0 Å². The van der Waals surface area contributed by atoms with Gasteiger partial charge in [-0.2, -0.15) is 0 Å². The highest BCUT2D eigenvalue weighted by atomic mass is 32.2. The van der Waals surface area contributed by atoms with Crippen LogP contribution in [-0.4, -0.2) is 36.8 Å². The van der Waals surface area contributed by atoms with E-state index in [1.54, 1.807) is 16.8 Å². The zero-order chi connectivity index (χ0) is 20.7. The molecule has 0 bridgehead atoms. The van der Waals surface area contributed by atoms with Crippen LogP contribution in [0.3, 0.4) is 0 Å². The normalized spacial score (nSPS) is 24.1. The molecule has 3 heterocycles. The van der Waals surface area contributed by atoms with E-state index >= 15 is 0 Å². The van der Waals surface area contributed by atoms with Crippen molar-refractivity contribution in [3.8, 4) is 11.3 Å². The van der Waals surface area contributed by atoms with Gasteiger partial charge in [-0.25, -0.2) is 9.99 Å². The van der Waals surface area contributed by atoms with Gasteiger partial charge in [0.25, 0.3) is 5.91 Å². The Morgan fingerprint density at radius 2 is 2.17 bits per heavy atom. The maximum atomic E-state index is 12.9. The molecule has 1 N–H and O–H groups in total. The smallest absolute Gasteiger partial charge is 0.252 e. The van der Waals surface area contributed by atoms with Gasteiger partial charge in [-0.05, 0) is 25.2 Å². The number of hydrogen-bond donors (Lipinski definition) is 1. The number of hydrogen-bond acceptors (Lipinski definition) is 5. The van der Waals surface area contributed by atoms with E-state index in [1.807, 2.05) is 46.3 Å². The fourth-order valence-corrected chi connectivity index (χ4v) is 6.92. The minimum atomic E-state index is -0.274. The highest BCUT2D eigenvalue weighted by molar-refractivity contribution is 8.01. The second-order valence-electron chi connectivity index (χ2n) is 8.25. The van der Waals surface area contributed by atoms with E-state index in [0.29, 0.717) is 11.7 Å². The van der Waals surface area contributed by atoms with Gasteiger partial charge >= 0.3 is 0 Å². The third kappa shape index (κ3) is 3.52. The van der Waals surface area contributed by atoms with Gasteiger partial charge in [-0.3, -0.25) is 19.4 Å². The van der Waals surface area contributed by atoms with E-state index in [2.05, 4.69) is 17.3 Å². The lowest BCUT2D eigenvalue weighted by molar-refractivity contribution is -0.143. The number of thiazole rings is 1. The number of fused-ring (bicyclic) bond motifs is 1. The van der Waals surface area contributed by atoms with Gasteiger partial charge in [0, 0.05) is 22.8 Å². The minimum Gasteiger partial charge on any atom is -0.294 e. The van der Waals surface area contributed by atoms with Crippen molar-refractivity contribution in [1.82, 2.24) is 19.8 Å². The van der Waals surface area contributed by atoms with E-state index in [1.165, 1.54) is 17.8 Å². The van der Waals surface area contributed by atoms with Gasteiger partial charge < -0.3 is 0 Å². The van der Waals surface area contributed by atoms with Gasteiger partial charge in [0.15, 0.2) is 4.96 Å². The Labute approximate surface area is 183 Å². The molecule has 2 unspecified atom stereocenters. The molecule has 2 aliphatic rings. The fourth-order valence-electron chi connectivity index (χ4n) is 4.56. The van der Waals surface area contributed by atoms with Crippen LogP contribution in [0.2, 0.25) is 0 Å². The monoisotopic (exact) mass is 440 g/mol. The van der Waals surface area contributed by atoms with E-state index in [0.717, 1.165) is 41.2 Å². The zero-order valence-corrected chi connectivity index (χ0v) is 18.5. The molecule has 30 heavy (non-hydrogen) atoms. The van der Waals surface area contributed by atoms with Crippen LogP contribution in [0.5, 0.6) is 0 Å². The molecular formula is C22H24N4O2S2. The number of benzene rings is 1. The molecule has 2 amide bonds. The van der Waals surface area contributed by atoms with Crippen molar-refractivity contribution in [2.75, 3.05) is 5.75 Å². The van der Waals surface area contributed by atoms with Crippen LogP contribution in [0.1, 0.15) is 38.3 Å². The van der Waals surface area contributed by atoms with Crippen molar-refractivity contribution in [2.24, 2.45) is 5.92 Å². The lowest BCUT2D eigenvalue weighted by Gasteiger charge is -2.42. The summed E-state index contributed by atoms with van der Waals surface area (Å²) >= 11 is 3.21. The minimum absolute atomic E-state index is 0.00640. The standard InChI is InChI=1S/C22H24N4O2S2/c1-15-6-5-9-22(11-15)26(20(28)14-30-22)24-19(27)10-17-13-29-21-23-18(12-25(17)21)16-7-3-2-4-8-16/h2-4,7-8,12-13,15H,5-6,9-11,14H2,1H3,(H,24,27). The third-order valence-electron chi connectivity index (χ3n) is 5.98. The molecule has 1 aromatic carbocycles. The first-order valence-corrected chi connectivity index (χ1v) is 12.2. The molecular weight excluding hydrogens is 416 g/mol. The Balaban J connectivity index is 1.33. The summed E-state index contributed by atoms with van der Waals surface area (Å²) in [7, 11) is 0. The lowest BCUT2D eigenvalue weighted by atomic mass is 9.86. The summed E-state index contributed by atoms with van der Waals surface area (Å²) in [5, 5.41) is 3.61. The van der Waals surface area contributed by atoms with E-state index in [-0.39, 0.29) is 23.1 Å². The quantitative estimate of drug-likeness (QED) is 0.663. The van der Waals surface area contributed by atoms with Crippen LogP contribution in [0.4, 0.5) is 0 Å². The predicted octanol–water partition coefficient (Wildman–Crippen LogP) is 4.12. The highest BCUT2D eigenvalue weighted by Gasteiger charge is 2.49. The Kier molecular flexibility index (Phi) is 5.06. The number of carbonyl (C=O) groups excluding carboxylic acids is 2. The molecule has 1 aliphatic carbocycles. The molecule has 5 rings (SSSR count). The summed E-state index contributed by atoms with van der Waals surface area (Å²) in [6.07, 6.45) is 6.36. The van der Waals surface area contributed by atoms with E-state index in [9.17, 15) is 9.59 Å². The Hall–Kier alpha value is -2.32. The Morgan fingerprint density at radius 1 is 1.33 bits per heavy atom. The average molecular weight is 441 g/mol. The molecule has 6 nitrogen and oxygen atoms in total. The van der Waals surface area contributed by atoms with Crippen molar-refractivity contribution >= 4 is 39.9 Å². The van der Waals surface area contributed by atoms with Gasteiger partial charge in [0.1, 0.15) is 4.87 Å². The van der Waals surface area contributed by atoms with Crippen LogP contribution in [0.25, 0.3) is 16.2 Å². The number of imidazole rings is 1. The number of amides is 2. The SMILES string of the molecule is CC1CCCC2(C1)SCC(=O)N2NC(=O)Cc1csc2nc(-c3ccccc3)cn12. The van der Waals surface area contributed by atoms with Gasteiger partial charge in [0.2, 0.25) is 5.91 Å². The van der Waals surface area contributed by atoms with Gasteiger partial charge in [-0.1, -0.05) is 43.7 Å². The summed E-state index contributed by atoms with van der Waals surface area (Å²) in [5.41, 5.74) is 5.77. The Morgan fingerprint density at radius 3 is 2.97 bits per heavy atom. The number of carbonyl (C=O) groups is 2. The number of nitrogens with one attached hydrogen (secondary N) is 1. The third-order valence-corrected chi connectivity index (χ3v) is 8.35. The summed E-state index contributed by atoms with van der Waals surface area (Å²) < 4.78 is 1.98. The molecule has 2 fully saturated rings. The lowest BCUT2D eigenvalue weighted by Crippen LogP contribution is -2.56. The van der Waals surface area contributed by atoms with Crippen LogP contribution in [0, 0.1) is 5.92 Å². The molecule has 2 aromatic heterocycles.